The molecule has 0 fully saturated rings. The van der Waals surface area contributed by atoms with Crippen molar-refractivity contribution < 1.29 is 23.0 Å². The lowest BCUT2D eigenvalue weighted by molar-refractivity contribution is -0.274. The average Bonchev–Trinajstić information content (AvgIpc) is 2.19. The quantitative estimate of drug-likeness (QED) is 0.913. The van der Waals surface area contributed by atoms with E-state index in [0.29, 0.717) is 0 Å². The molecule has 0 aliphatic carbocycles. The van der Waals surface area contributed by atoms with Gasteiger partial charge < -0.3 is 9.84 Å². The first-order valence-corrected chi connectivity index (χ1v) is 4.81. The Balaban J connectivity index is 2.91. The number of benzene rings is 1. The van der Waals surface area contributed by atoms with Crippen molar-refractivity contribution >= 4 is 11.6 Å². The number of nitrogens with zero attached hydrogens (tertiary/aromatic N) is 1. The van der Waals surface area contributed by atoms with Crippen LogP contribution in [0.15, 0.2) is 18.2 Å². The summed E-state index contributed by atoms with van der Waals surface area (Å²) in [6, 6.07) is 5.07. The standard InChI is InChI=1S/C10H7ClF3NO2/c11-7-5-6(8(16)3-4-15)1-2-9(7)17-10(12,13)14/h1-2,5,8,16H,3H2. The van der Waals surface area contributed by atoms with Gasteiger partial charge >= 0.3 is 6.36 Å². The summed E-state index contributed by atoms with van der Waals surface area (Å²) in [5.41, 5.74) is 0.256. The highest BCUT2D eigenvalue weighted by atomic mass is 35.5. The minimum Gasteiger partial charge on any atom is -0.404 e. The van der Waals surface area contributed by atoms with Crippen LogP contribution in [0.4, 0.5) is 13.2 Å². The summed E-state index contributed by atoms with van der Waals surface area (Å²) in [7, 11) is 0. The number of nitriles is 1. The fourth-order valence-electron chi connectivity index (χ4n) is 1.14. The first-order valence-electron chi connectivity index (χ1n) is 4.43. The van der Waals surface area contributed by atoms with Gasteiger partial charge in [-0.2, -0.15) is 5.26 Å². The van der Waals surface area contributed by atoms with Gasteiger partial charge in [0.1, 0.15) is 5.75 Å². The van der Waals surface area contributed by atoms with Crippen molar-refractivity contribution in [3.63, 3.8) is 0 Å². The van der Waals surface area contributed by atoms with Crippen LogP contribution in [-0.4, -0.2) is 11.5 Å². The van der Waals surface area contributed by atoms with Crippen LogP contribution in [0, 0.1) is 11.3 Å². The molecule has 0 aliphatic rings. The lowest BCUT2D eigenvalue weighted by atomic mass is 10.1. The molecule has 1 atom stereocenters. The van der Waals surface area contributed by atoms with E-state index in [-0.39, 0.29) is 17.0 Å². The van der Waals surface area contributed by atoms with Crippen LogP contribution < -0.4 is 4.74 Å². The van der Waals surface area contributed by atoms with E-state index in [4.69, 9.17) is 16.9 Å². The number of halogens is 4. The third kappa shape index (κ3) is 4.13. The van der Waals surface area contributed by atoms with Crippen LogP contribution in [0.3, 0.4) is 0 Å². The van der Waals surface area contributed by atoms with Crippen molar-refractivity contribution in [2.24, 2.45) is 0 Å². The number of hydrogen-bond donors (Lipinski definition) is 1. The smallest absolute Gasteiger partial charge is 0.404 e. The molecule has 0 saturated carbocycles. The maximum Gasteiger partial charge on any atom is 0.573 e. The highest BCUT2D eigenvalue weighted by molar-refractivity contribution is 6.32. The summed E-state index contributed by atoms with van der Waals surface area (Å²) < 4.78 is 39.4. The van der Waals surface area contributed by atoms with Gasteiger partial charge in [-0.05, 0) is 17.7 Å². The summed E-state index contributed by atoms with van der Waals surface area (Å²) in [5, 5.41) is 17.5. The first-order chi connectivity index (χ1) is 7.83. The third-order valence-electron chi connectivity index (χ3n) is 1.85. The van der Waals surface area contributed by atoms with Gasteiger partial charge in [-0.15, -0.1) is 13.2 Å². The van der Waals surface area contributed by atoms with Gasteiger partial charge in [0.2, 0.25) is 0 Å². The Labute approximate surface area is 100.0 Å². The van der Waals surface area contributed by atoms with Crippen LogP contribution in [0.25, 0.3) is 0 Å². The van der Waals surface area contributed by atoms with Crippen molar-refractivity contribution in [2.75, 3.05) is 0 Å². The summed E-state index contributed by atoms with van der Waals surface area (Å²) in [4.78, 5) is 0. The zero-order chi connectivity index (χ0) is 13.1. The van der Waals surface area contributed by atoms with Crippen molar-refractivity contribution in [1.82, 2.24) is 0 Å². The van der Waals surface area contributed by atoms with E-state index in [1.54, 1.807) is 6.07 Å². The zero-order valence-corrected chi connectivity index (χ0v) is 9.09. The predicted molar refractivity (Wildman–Crippen MR) is 53.3 cm³/mol. The Kier molecular flexibility index (Phi) is 4.21. The van der Waals surface area contributed by atoms with Crippen LogP contribution in [0.5, 0.6) is 5.75 Å². The molecule has 1 unspecified atom stereocenters. The Morgan fingerprint density at radius 3 is 2.59 bits per heavy atom. The Hall–Kier alpha value is -1.45. The predicted octanol–water partition coefficient (Wildman–Crippen LogP) is 3.19. The van der Waals surface area contributed by atoms with Crippen LogP contribution in [-0.2, 0) is 0 Å². The van der Waals surface area contributed by atoms with Gasteiger partial charge in [-0.25, -0.2) is 0 Å². The largest absolute Gasteiger partial charge is 0.573 e. The second-order valence-corrected chi connectivity index (χ2v) is 3.52. The second-order valence-electron chi connectivity index (χ2n) is 3.12. The fourth-order valence-corrected chi connectivity index (χ4v) is 1.36. The number of aliphatic hydroxyl groups is 1. The van der Waals surface area contributed by atoms with E-state index in [9.17, 15) is 18.3 Å². The fraction of sp³-hybridized carbons (Fsp3) is 0.300. The highest BCUT2D eigenvalue weighted by Crippen LogP contribution is 2.32. The Morgan fingerprint density at radius 1 is 1.47 bits per heavy atom. The normalized spacial score (nSPS) is 12.9. The molecule has 17 heavy (non-hydrogen) atoms. The number of ether oxygens (including phenoxy) is 1. The summed E-state index contributed by atoms with van der Waals surface area (Å²) in [6.45, 7) is 0. The van der Waals surface area contributed by atoms with Gasteiger partial charge in [-0.1, -0.05) is 17.7 Å². The molecule has 1 N–H and O–H groups in total. The Morgan fingerprint density at radius 2 is 2.12 bits per heavy atom. The molecule has 0 amide bonds. The number of rotatable bonds is 3. The van der Waals surface area contributed by atoms with Crippen molar-refractivity contribution in [1.29, 1.82) is 5.26 Å². The van der Waals surface area contributed by atoms with Gasteiger partial charge in [0.05, 0.1) is 23.6 Å². The molecular formula is C10H7ClF3NO2. The van der Waals surface area contributed by atoms with E-state index in [1.807, 2.05) is 0 Å². The van der Waals surface area contributed by atoms with Crippen LogP contribution >= 0.6 is 11.6 Å². The lowest BCUT2D eigenvalue weighted by Gasteiger charge is -2.12. The zero-order valence-electron chi connectivity index (χ0n) is 8.33. The second kappa shape index (κ2) is 5.25. The molecule has 0 aromatic heterocycles. The van der Waals surface area contributed by atoms with Crippen molar-refractivity contribution in [3.8, 4) is 11.8 Å². The molecule has 0 spiro atoms. The third-order valence-corrected chi connectivity index (χ3v) is 2.15. The maximum absolute atomic E-state index is 11.9. The molecule has 0 aliphatic heterocycles. The van der Waals surface area contributed by atoms with Crippen LogP contribution in [0.2, 0.25) is 5.02 Å². The van der Waals surface area contributed by atoms with Gasteiger partial charge in [0, 0.05) is 0 Å². The SMILES string of the molecule is N#CCC(O)c1ccc(OC(F)(F)F)c(Cl)c1. The molecule has 3 nitrogen and oxygen atoms in total. The van der Waals surface area contributed by atoms with Gasteiger partial charge in [0.25, 0.3) is 0 Å². The molecule has 1 rings (SSSR count). The van der Waals surface area contributed by atoms with E-state index in [1.165, 1.54) is 6.07 Å². The van der Waals surface area contributed by atoms with Gasteiger partial charge in [0.15, 0.2) is 0 Å². The lowest BCUT2D eigenvalue weighted by Crippen LogP contribution is -2.17. The minimum atomic E-state index is -4.82. The van der Waals surface area contributed by atoms with E-state index >= 15 is 0 Å². The molecule has 0 saturated heterocycles. The summed E-state index contributed by atoms with van der Waals surface area (Å²) in [6.07, 6.45) is -6.08. The van der Waals surface area contributed by atoms with Crippen molar-refractivity contribution in [3.05, 3.63) is 28.8 Å². The summed E-state index contributed by atoms with van der Waals surface area (Å²) >= 11 is 5.56. The van der Waals surface area contributed by atoms with Crippen LogP contribution in [0.1, 0.15) is 18.1 Å². The van der Waals surface area contributed by atoms with E-state index in [2.05, 4.69) is 4.74 Å². The first kappa shape index (κ1) is 13.6. The molecular weight excluding hydrogens is 259 g/mol. The molecule has 7 heteroatoms. The maximum atomic E-state index is 11.9. The topological polar surface area (TPSA) is 53.2 Å². The molecule has 1 aromatic rings. The molecule has 92 valence electrons. The molecule has 0 bridgehead atoms. The summed E-state index contributed by atoms with van der Waals surface area (Å²) in [5.74, 6) is -0.549. The van der Waals surface area contributed by atoms with E-state index < -0.39 is 18.2 Å². The minimum absolute atomic E-state index is 0.171. The number of alkyl halides is 3. The van der Waals surface area contributed by atoms with E-state index in [0.717, 1.165) is 12.1 Å². The number of aliphatic hydroxyl groups excluding tert-OH is 1. The molecule has 1 aromatic carbocycles. The van der Waals surface area contributed by atoms with Crippen molar-refractivity contribution in [2.45, 2.75) is 18.9 Å². The molecule has 0 radical (unpaired) electrons. The monoisotopic (exact) mass is 265 g/mol. The highest BCUT2D eigenvalue weighted by Gasteiger charge is 2.32. The van der Waals surface area contributed by atoms with Gasteiger partial charge in [-0.3, -0.25) is 0 Å². The number of hydrogen-bond acceptors (Lipinski definition) is 3. The average molecular weight is 266 g/mol. The Bertz CT molecular complexity index is 442. The molecule has 0 heterocycles.